The van der Waals surface area contributed by atoms with E-state index in [4.69, 9.17) is 4.74 Å². The van der Waals surface area contributed by atoms with Gasteiger partial charge in [0.2, 0.25) is 0 Å². The Labute approximate surface area is 85.5 Å². The molecule has 0 N–H and O–H groups in total. The molecule has 2 heteroatoms. The van der Waals surface area contributed by atoms with Gasteiger partial charge in [-0.25, -0.2) is 0 Å². The summed E-state index contributed by atoms with van der Waals surface area (Å²) in [5.74, 6) is 6.10. The second-order valence-corrected chi connectivity index (χ2v) is 3.19. The van der Waals surface area contributed by atoms with Crippen molar-refractivity contribution in [2.45, 2.75) is 6.23 Å². The molecule has 0 fully saturated rings. The number of benzene rings is 1. The van der Waals surface area contributed by atoms with Crippen LogP contribution in [0.5, 0.6) is 0 Å². The van der Waals surface area contributed by atoms with Gasteiger partial charge < -0.3 is 4.74 Å². The van der Waals surface area contributed by atoms with E-state index in [0.29, 0.717) is 0 Å². The van der Waals surface area contributed by atoms with Gasteiger partial charge in [0.25, 0.3) is 0 Å². The molecule has 1 atom stereocenters. The molecule has 1 aromatic carbocycles. The van der Waals surface area contributed by atoms with Crippen LogP contribution in [0.3, 0.4) is 0 Å². The van der Waals surface area contributed by atoms with Crippen molar-refractivity contribution in [3.05, 3.63) is 35.9 Å². The summed E-state index contributed by atoms with van der Waals surface area (Å²) in [5.41, 5.74) is 1.01. The Kier molecular flexibility index (Phi) is 4.18. The highest BCUT2D eigenvalue weighted by Crippen LogP contribution is 1.97. The number of ether oxygens (including phenoxy) is 1. The monoisotopic (exact) mass is 189 g/mol. The predicted octanol–water partition coefficient (Wildman–Crippen LogP) is 1.57. The van der Waals surface area contributed by atoms with Crippen molar-refractivity contribution in [2.75, 3.05) is 21.2 Å². The number of methoxy groups -OCH3 is 1. The lowest BCUT2D eigenvalue weighted by atomic mass is 10.2. The number of nitrogens with zero attached hydrogens (tertiary/aromatic N) is 1. The van der Waals surface area contributed by atoms with Crippen molar-refractivity contribution in [2.24, 2.45) is 0 Å². The SMILES string of the molecule is COC(C#Cc1ccccc1)N(C)C. The van der Waals surface area contributed by atoms with Crippen LogP contribution in [0.25, 0.3) is 0 Å². The summed E-state index contributed by atoms with van der Waals surface area (Å²) in [5, 5.41) is 0. The molecular formula is C12H15NO. The molecule has 2 nitrogen and oxygen atoms in total. The molecule has 0 aromatic heterocycles. The van der Waals surface area contributed by atoms with Crippen LogP contribution < -0.4 is 0 Å². The lowest BCUT2D eigenvalue weighted by molar-refractivity contribution is 0.0417. The van der Waals surface area contributed by atoms with E-state index < -0.39 is 0 Å². The first kappa shape index (κ1) is 10.8. The van der Waals surface area contributed by atoms with Gasteiger partial charge in [-0.3, -0.25) is 4.90 Å². The lowest BCUT2D eigenvalue weighted by Crippen LogP contribution is -2.27. The molecule has 0 aliphatic carbocycles. The molecule has 1 rings (SSSR count). The van der Waals surface area contributed by atoms with Gasteiger partial charge in [0.1, 0.15) is 0 Å². The molecule has 0 spiro atoms. The summed E-state index contributed by atoms with van der Waals surface area (Å²) in [4.78, 5) is 1.93. The first-order valence-electron chi connectivity index (χ1n) is 4.50. The molecule has 14 heavy (non-hydrogen) atoms. The Balaban J connectivity index is 2.71. The van der Waals surface area contributed by atoms with Gasteiger partial charge in [0.15, 0.2) is 6.23 Å². The topological polar surface area (TPSA) is 12.5 Å². The van der Waals surface area contributed by atoms with Crippen LogP contribution in [0.15, 0.2) is 30.3 Å². The van der Waals surface area contributed by atoms with Gasteiger partial charge in [-0.05, 0) is 32.1 Å². The second-order valence-electron chi connectivity index (χ2n) is 3.19. The second kappa shape index (κ2) is 5.43. The molecule has 0 aliphatic rings. The van der Waals surface area contributed by atoms with E-state index in [1.807, 2.05) is 49.3 Å². The van der Waals surface area contributed by atoms with Crippen LogP contribution in [-0.2, 0) is 4.74 Å². The molecule has 74 valence electrons. The van der Waals surface area contributed by atoms with E-state index in [9.17, 15) is 0 Å². The Morgan fingerprint density at radius 1 is 1.21 bits per heavy atom. The number of hydrogen-bond donors (Lipinski definition) is 0. The molecule has 0 amide bonds. The van der Waals surface area contributed by atoms with Gasteiger partial charge in [-0.15, -0.1) is 0 Å². The fraction of sp³-hybridized carbons (Fsp3) is 0.333. The molecule has 0 saturated carbocycles. The van der Waals surface area contributed by atoms with Crippen molar-refractivity contribution in [1.82, 2.24) is 4.90 Å². The Morgan fingerprint density at radius 2 is 1.86 bits per heavy atom. The number of rotatable bonds is 2. The minimum absolute atomic E-state index is 0.143. The van der Waals surface area contributed by atoms with Crippen molar-refractivity contribution >= 4 is 0 Å². The Morgan fingerprint density at radius 3 is 2.36 bits per heavy atom. The first-order valence-corrected chi connectivity index (χ1v) is 4.50. The summed E-state index contributed by atoms with van der Waals surface area (Å²) >= 11 is 0. The predicted molar refractivity (Wildman–Crippen MR) is 57.8 cm³/mol. The third-order valence-electron chi connectivity index (χ3n) is 1.81. The lowest BCUT2D eigenvalue weighted by Gasteiger charge is -2.16. The average Bonchev–Trinajstić information content (AvgIpc) is 2.20. The van der Waals surface area contributed by atoms with Crippen LogP contribution in [0.2, 0.25) is 0 Å². The minimum atomic E-state index is -0.143. The normalized spacial score (nSPS) is 12.0. The van der Waals surface area contributed by atoms with Crippen LogP contribution in [0.1, 0.15) is 5.56 Å². The maximum atomic E-state index is 5.19. The average molecular weight is 189 g/mol. The standard InChI is InChI=1S/C12H15NO/c1-13(2)12(14-3)10-9-11-7-5-4-6-8-11/h4-8,12H,1-3H3. The van der Waals surface area contributed by atoms with E-state index in [1.54, 1.807) is 7.11 Å². The van der Waals surface area contributed by atoms with Crippen LogP contribution in [0.4, 0.5) is 0 Å². The van der Waals surface area contributed by atoms with E-state index in [0.717, 1.165) is 5.56 Å². The first-order chi connectivity index (χ1) is 6.74. The Bertz CT molecular complexity index is 321. The van der Waals surface area contributed by atoms with E-state index in [2.05, 4.69) is 11.8 Å². The molecular weight excluding hydrogens is 174 g/mol. The third kappa shape index (κ3) is 3.21. The van der Waals surface area contributed by atoms with Crippen LogP contribution >= 0.6 is 0 Å². The van der Waals surface area contributed by atoms with Crippen molar-refractivity contribution in [3.63, 3.8) is 0 Å². The molecule has 0 bridgehead atoms. The maximum Gasteiger partial charge on any atom is 0.173 e. The highest BCUT2D eigenvalue weighted by Gasteiger charge is 2.03. The highest BCUT2D eigenvalue weighted by molar-refractivity contribution is 5.34. The zero-order valence-corrected chi connectivity index (χ0v) is 8.82. The zero-order valence-electron chi connectivity index (χ0n) is 8.82. The van der Waals surface area contributed by atoms with Crippen molar-refractivity contribution in [3.8, 4) is 11.8 Å². The van der Waals surface area contributed by atoms with E-state index >= 15 is 0 Å². The molecule has 0 saturated heterocycles. The Hall–Kier alpha value is -1.30. The summed E-state index contributed by atoms with van der Waals surface area (Å²) in [6, 6.07) is 9.89. The fourth-order valence-electron chi connectivity index (χ4n) is 1.07. The van der Waals surface area contributed by atoms with Gasteiger partial charge in [0, 0.05) is 12.7 Å². The smallest absolute Gasteiger partial charge is 0.173 e. The van der Waals surface area contributed by atoms with Crippen LogP contribution in [0, 0.1) is 11.8 Å². The maximum absolute atomic E-state index is 5.19. The molecule has 1 unspecified atom stereocenters. The third-order valence-corrected chi connectivity index (χ3v) is 1.81. The zero-order chi connectivity index (χ0) is 10.4. The quantitative estimate of drug-likeness (QED) is 0.517. The van der Waals surface area contributed by atoms with Crippen molar-refractivity contribution in [1.29, 1.82) is 0 Å². The summed E-state index contributed by atoms with van der Waals surface area (Å²) < 4.78 is 5.19. The largest absolute Gasteiger partial charge is 0.355 e. The van der Waals surface area contributed by atoms with E-state index in [1.165, 1.54) is 0 Å². The van der Waals surface area contributed by atoms with Gasteiger partial charge in [-0.1, -0.05) is 24.1 Å². The fourth-order valence-corrected chi connectivity index (χ4v) is 1.07. The molecule has 0 aliphatic heterocycles. The highest BCUT2D eigenvalue weighted by atomic mass is 16.5. The van der Waals surface area contributed by atoms with Gasteiger partial charge >= 0.3 is 0 Å². The van der Waals surface area contributed by atoms with E-state index in [-0.39, 0.29) is 6.23 Å². The summed E-state index contributed by atoms with van der Waals surface area (Å²) in [6.07, 6.45) is -0.143. The molecule has 0 radical (unpaired) electrons. The molecule has 0 heterocycles. The minimum Gasteiger partial charge on any atom is -0.355 e. The van der Waals surface area contributed by atoms with Gasteiger partial charge in [0.05, 0.1) is 0 Å². The summed E-state index contributed by atoms with van der Waals surface area (Å²) in [6.45, 7) is 0. The number of hydrogen-bond acceptors (Lipinski definition) is 2. The van der Waals surface area contributed by atoms with Crippen molar-refractivity contribution < 1.29 is 4.74 Å². The van der Waals surface area contributed by atoms with Crippen LogP contribution in [-0.4, -0.2) is 32.3 Å². The molecule has 1 aromatic rings. The summed E-state index contributed by atoms with van der Waals surface area (Å²) in [7, 11) is 5.53. The van der Waals surface area contributed by atoms with Gasteiger partial charge in [-0.2, -0.15) is 0 Å².